The maximum absolute atomic E-state index is 12.8. The number of hydrogen-bond donors (Lipinski definition) is 1. The highest BCUT2D eigenvalue weighted by molar-refractivity contribution is 5.72. The number of hydrogen-bond acceptors (Lipinski definition) is 6. The first-order valence-electron chi connectivity index (χ1n) is 25.8. The Morgan fingerprint density at radius 1 is 0.476 bits per heavy atom. The van der Waals surface area contributed by atoms with E-state index in [-0.39, 0.29) is 36.2 Å². The number of carbonyl (C=O) groups is 3. The fourth-order valence-electron chi connectivity index (χ4n) is 7.36. The third-order valence-corrected chi connectivity index (χ3v) is 11.4. The Morgan fingerprint density at radius 3 is 1.24 bits per heavy atom. The summed E-state index contributed by atoms with van der Waals surface area (Å²) in [7, 11) is 5.53. The number of carboxylic acid groups (broad SMARTS) is 1. The summed E-state index contributed by atoms with van der Waals surface area (Å²) in [4.78, 5) is 37.2. The summed E-state index contributed by atoms with van der Waals surface area (Å²) in [6, 6.07) is -0.619. The molecule has 0 saturated carbocycles. The second kappa shape index (κ2) is 45.6. The van der Waals surface area contributed by atoms with Crippen LogP contribution in [0.3, 0.4) is 0 Å². The molecule has 0 spiro atoms. The number of aliphatic carboxylic acids is 1. The molecule has 2 atom stereocenters. The van der Waals surface area contributed by atoms with Crippen molar-refractivity contribution < 1.29 is 38.2 Å². The second-order valence-corrected chi connectivity index (χ2v) is 18.4. The average Bonchev–Trinajstić information content (AvgIpc) is 3.24. The van der Waals surface area contributed by atoms with Gasteiger partial charge in [-0.2, -0.15) is 0 Å². The van der Waals surface area contributed by atoms with Crippen LogP contribution in [0.5, 0.6) is 0 Å². The molecule has 0 amide bonds. The zero-order valence-corrected chi connectivity index (χ0v) is 41.5. The lowest BCUT2D eigenvalue weighted by molar-refractivity contribution is -0.887. The smallest absolute Gasteiger partial charge is 0.362 e. The van der Waals surface area contributed by atoms with Gasteiger partial charge in [-0.3, -0.25) is 9.59 Å². The molecule has 0 rings (SSSR count). The minimum atomic E-state index is -0.877. The van der Waals surface area contributed by atoms with Gasteiger partial charge >= 0.3 is 17.9 Å². The van der Waals surface area contributed by atoms with Crippen LogP contribution >= 0.6 is 0 Å². The number of quaternary nitrogens is 1. The van der Waals surface area contributed by atoms with Gasteiger partial charge in [0.15, 0.2) is 12.1 Å². The zero-order chi connectivity index (χ0) is 46.3. The predicted molar refractivity (Wildman–Crippen MR) is 266 cm³/mol. The lowest BCUT2D eigenvalue weighted by atomic mass is 10.1. The molecule has 0 aromatic rings. The van der Waals surface area contributed by atoms with Crippen LogP contribution in [0.1, 0.15) is 219 Å². The van der Waals surface area contributed by atoms with E-state index in [1.54, 1.807) is 0 Å². The van der Waals surface area contributed by atoms with Crippen LogP contribution in [0.25, 0.3) is 0 Å². The molecule has 0 heterocycles. The van der Waals surface area contributed by atoms with E-state index in [1.165, 1.54) is 122 Å². The van der Waals surface area contributed by atoms with Gasteiger partial charge in [-0.05, 0) is 83.5 Å². The van der Waals surface area contributed by atoms with Crippen molar-refractivity contribution in [1.82, 2.24) is 0 Å². The number of esters is 2. The first kappa shape index (κ1) is 60.0. The molecule has 2 unspecified atom stereocenters. The van der Waals surface area contributed by atoms with Gasteiger partial charge in [0.05, 0.1) is 34.4 Å². The molecule has 0 aliphatic rings. The van der Waals surface area contributed by atoms with Crippen molar-refractivity contribution in [2.24, 2.45) is 0 Å². The monoisotopic (exact) mass is 885 g/mol. The van der Waals surface area contributed by atoms with Crippen LogP contribution in [0.15, 0.2) is 60.8 Å². The summed E-state index contributed by atoms with van der Waals surface area (Å²) >= 11 is 0. The van der Waals surface area contributed by atoms with Crippen molar-refractivity contribution in [3.05, 3.63) is 60.8 Å². The Labute approximate surface area is 388 Å². The maximum Gasteiger partial charge on any atom is 0.362 e. The van der Waals surface area contributed by atoms with Crippen LogP contribution in [0.4, 0.5) is 0 Å². The van der Waals surface area contributed by atoms with Gasteiger partial charge in [0, 0.05) is 19.3 Å². The summed E-state index contributed by atoms with van der Waals surface area (Å²) < 4.78 is 17.3. The summed E-state index contributed by atoms with van der Waals surface area (Å²) in [5.74, 6) is -1.48. The topological polar surface area (TPSA) is 99.1 Å². The number of unbranched alkanes of at least 4 members (excludes halogenated alkanes) is 22. The van der Waals surface area contributed by atoms with Crippen molar-refractivity contribution >= 4 is 17.9 Å². The Kier molecular flexibility index (Phi) is 43.4. The molecule has 0 aromatic heterocycles. The van der Waals surface area contributed by atoms with E-state index in [9.17, 15) is 19.5 Å². The summed E-state index contributed by atoms with van der Waals surface area (Å²) in [6.45, 7) is 4.68. The van der Waals surface area contributed by atoms with Gasteiger partial charge in [0.1, 0.15) is 6.61 Å². The third-order valence-electron chi connectivity index (χ3n) is 11.4. The number of likely N-dealkylation sites (N-methyl/N-ethyl adjacent to an activating group) is 1. The minimum Gasteiger partial charge on any atom is -0.477 e. The van der Waals surface area contributed by atoms with Crippen LogP contribution in [-0.2, 0) is 28.6 Å². The molecule has 0 radical (unpaired) electrons. The Hall–Kier alpha value is -2.97. The van der Waals surface area contributed by atoms with Crippen molar-refractivity contribution in [1.29, 1.82) is 0 Å². The fourth-order valence-corrected chi connectivity index (χ4v) is 7.36. The Morgan fingerprint density at radius 2 is 0.841 bits per heavy atom. The number of carboxylic acids is 1. The fraction of sp³-hybridized carbons (Fsp3) is 0.764. The van der Waals surface area contributed by atoms with Crippen molar-refractivity contribution in [2.75, 3.05) is 41.0 Å². The lowest BCUT2D eigenvalue weighted by Crippen LogP contribution is -2.50. The van der Waals surface area contributed by atoms with E-state index < -0.39 is 18.1 Å². The van der Waals surface area contributed by atoms with E-state index in [4.69, 9.17) is 14.2 Å². The molecule has 0 saturated heterocycles. The van der Waals surface area contributed by atoms with Crippen LogP contribution in [0, 0.1) is 0 Å². The van der Waals surface area contributed by atoms with Gasteiger partial charge in [-0.25, -0.2) is 4.79 Å². The third kappa shape index (κ3) is 44.0. The van der Waals surface area contributed by atoms with E-state index >= 15 is 0 Å². The lowest BCUT2D eigenvalue weighted by Gasteiger charge is -2.31. The summed E-state index contributed by atoms with van der Waals surface area (Å²) in [5.41, 5.74) is 0. The first-order chi connectivity index (χ1) is 30.6. The van der Waals surface area contributed by atoms with Crippen molar-refractivity contribution in [3.8, 4) is 0 Å². The molecule has 0 aromatic carbocycles. The highest BCUT2D eigenvalue weighted by Gasteiger charge is 2.31. The van der Waals surface area contributed by atoms with E-state index in [1.807, 2.05) is 21.1 Å². The van der Waals surface area contributed by atoms with E-state index in [0.29, 0.717) is 19.3 Å². The predicted octanol–water partition coefficient (Wildman–Crippen LogP) is 14.9. The number of ether oxygens (including phenoxy) is 3. The molecular formula is C55H98NO7+. The van der Waals surface area contributed by atoms with Gasteiger partial charge in [0.2, 0.25) is 0 Å². The van der Waals surface area contributed by atoms with Crippen LogP contribution in [-0.4, -0.2) is 80.6 Å². The standard InChI is InChI=1S/C55H97NO7/c1-6-8-10-12-14-16-18-20-22-24-25-26-27-28-30-31-33-35-37-39-41-43-45-53(57)62-50-51(49-61-48-47-52(55(59)60)56(3,4)5)63-54(58)46-44-42-40-38-36-34-32-29-23-21-19-17-15-13-11-9-7-2/h14-17,20-23,25-26,51-52H,6-13,18-19,24,27-50H2,1-5H3/p+1/b16-14+,17-15+,22-20+,23-21+,26-25+. The Bertz CT molecular complexity index is 1210. The van der Waals surface area contributed by atoms with Crippen molar-refractivity contribution in [2.45, 2.75) is 231 Å². The SMILES string of the molecule is CCCCC/C=C/C/C=C/C/C=C/CCCCCCCCCCCC(=O)OCC(COCCC(C(=O)O)[N+](C)(C)C)OC(=O)CCCCCCCCC/C=C/C/C=C/CCCCC. The van der Waals surface area contributed by atoms with E-state index in [2.05, 4.69) is 74.6 Å². The highest BCUT2D eigenvalue weighted by atomic mass is 16.6. The molecule has 0 aliphatic carbocycles. The van der Waals surface area contributed by atoms with Gasteiger partial charge in [0.25, 0.3) is 0 Å². The molecule has 0 aliphatic heterocycles. The number of carbonyl (C=O) groups excluding carboxylic acids is 2. The van der Waals surface area contributed by atoms with Gasteiger partial charge in [-0.15, -0.1) is 0 Å². The number of rotatable bonds is 46. The minimum absolute atomic E-state index is 0.0549. The maximum atomic E-state index is 12.8. The van der Waals surface area contributed by atoms with Crippen LogP contribution in [0.2, 0.25) is 0 Å². The molecule has 0 fully saturated rings. The summed E-state index contributed by atoms with van der Waals surface area (Å²) in [6.07, 6.45) is 56.9. The molecule has 364 valence electrons. The van der Waals surface area contributed by atoms with Gasteiger partial charge < -0.3 is 23.8 Å². The Balaban J connectivity index is 4.26. The zero-order valence-electron chi connectivity index (χ0n) is 41.5. The molecular weight excluding hydrogens is 787 g/mol. The van der Waals surface area contributed by atoms with Crippen molar-refractivity contribution in [3.63, 3.8) is 0 Å². The first-order valence-corrected chi connectivity index (χ1v) is 25.8. The molecule has 0 bridgehead atoms. The molecule has 63 heavy (non-hydrogen) atoms. The molecule has 8 nitrogen and oxygen atoms in total. The largest absolute Gasteiger partial charge is 0.477 e. The number of nitrogens with zero attached hydrogens (tertiary/aromatic N) is 1. The normalized spacial score (nSPS) is 13.3. The quantitative estimate of drug-likeness (QED) is 0.0281. The van der Waals surface area contributed by atoms with Gasteiger partial charge in [-0.1, -0.05) is 177 Å². The summed E-state index contributed by atoms with van der Waals surface area (Å²) in [5, 5.41) is 9.65. The molecule has 8 heteroatoms. The van der Waals surface area contributed by atoms with E-state index in [0.717, 1.165) is 64.2 Å². The number of allylic oxidation sites excluding steroid dienone is 10. The highest BCUT2D eigenvalue weighted by Crippen LogP contribution is 2.15. The second-order valence-electron chi connectivity index (χ2n) is 18.4. The van der Waals surface area contributed by atoms with Crippen LogP contribution < -0.4 is 0 Å². The molecule has 1 N–H and O–H groups in total. The average molecular weight is 885 g/mol.